The maximum atomic E-state index is 4.95. The summed E-state index contributed by atoms with van der Waals surface area (Å²) in [6.07, 6.45) is 5.14. The molecule has 0 unspecified atom stereocenters. The lowest BCUT2D eigenvalue weighted by Gasteiger charge is -2.34. The van der Waals surface area contributed by atoms with Crippen LogP contribution in [0, 0.1) is 0 Å². The van der Waals surface area contributed by atoms with E-state index in [0.717, 1.165) is 24.1 Å². The molecule has 2 atom stereocenters. The van der Waals surface area contributed by atoms with Crippen molar-refractivity contribution >= 4 is 22.1 Å². The standard InChI is InChI=1S/C26H32N6/c1-29-21-11-5-3-9-19(21)27-25(29)17-31-15-7-13-23(31)24-14-8-16-32(24)18-26-28-20-10-4-6-12-22(20)30(26)2/h3-6,9-12,23-24H,7-8,13-18H2,1-2H3/t23-,24-/m1/s1. The maximum Gasteiger partial charge on any atom is 0.123 e. The van der Waals surface area contributed by atoms with Crippen molar-refractivity contribution in [2.45, 2.75) is 50.9 Å². The molecular formula is C26H32N6. The van der Waals surface area contributed by atoms with E-state index in [1.807, 2.05) is 0 Å². The van der Waals surface area contributed by atoms with Gasteiger partial charge in [0, 0.05) is 26.2 Å². The Morgan fingerprint density at radius 2 is 1.12 bits per heavy atom. The van der Waals surface area contributed by atoms with E-state index in [4.69, 9.17) is 9.97 Å². The third-order valence-electron chi connectivity index (χ3n) is 7.72. The van der Waals surface area contributed by atoms with Crippen molar-refractivity contribution in [1.29, 1.82) is 0 Å². The molecule has 0 saturated carbocycles. The van der Waals surface area contributed by atoms with Crippen LogP contribution in [0.4, 0.5) is 0 Å². The number of para-hydroxylation sites is 4. The minimum absolute atomic E-state index is 0.604. The first-order chi connectivity index (χ1) is 15.7. The SMILES string of the molecule is Cn1c(CN2CCC[C@@H]2[C@H]2CCCN2Cc2nc3ccccc3n2C)nc2ccccc21. The molecule has 2 fully saturated rings. The Morgan fingerprint density at radius 1 is 0.688 bits per heavy atom. The summed E-state index contributed by atoms with van der Waals surface area (Å²) >= 11 is 0. The summed E-state index contributed by atoms with van der Waals surface area (Å²) in [5.74, 6) is 2.36. The van der Waals surface area contributed by atoms with Crippen LogP contribution in [0.15, 0.2) is 48.5 Å². The van der Waals surface area contributed by atoms with Gasteiger partial charge in [-0.05, 0) is 63.0 Å². The number of aromatic nitrogens is 4. The van der Waals surface area contributed by atoms with E-state index in [9.17, 15) is 0 Å². The number of fused-ring (bicyclic) bond motifs is 2. The van der Waals surface area contributed by atoms with Crippen molar-refractivity contribution in [3.8, 4) is 0 Å². The topological polar surface area (TPSA) is 42.1 Å². The van der Waals surface area contributed by atoms with Crippen molar-refractivity contribution in [3.63, 3.8) is 0 Å². The molecule has 6 nitrogen and oxygen atoms in total. The fourth-order valence-electron chi connectivity index (χ4n) is 6.00. The molecule has 0 amide bonds. The molecule has 0 bridgehead atoms. The number of hydrogen-bond acceptors (Lipinski definition) is 4. The van der Waals surface area contributed by atoms with Crippen LogP contribution in [0.5, 0.6) is 0 Å². The average Bonchev–Trinajstić information content (AvgIpc) is 3.58. The second-order valence-corrected chi connectivity index (χ2v) is 9.51. The lowest BCUT2D eigenvalue weighted by molar-refractivity contribution is 0.119. The zero-order chi connectivity index (χ0) is 21.7. The summed E-state index contributed by atoms with van der Waals surface area (Å²) in [5.41, 5.74) is 4.65. The molecule has 2 saturated heterocycles. The largest absolute Gasteiger partial charge is 0.330 e. The fraction of sp³-hybridized carbons (Fsp3) is 0.462. The van der Waals surface area contributed by atoms with E-state index in [-0.39, 0.29) is 0 Å². The van der Waals surface area contributed by atoms with E-state index >= 15 is 0 Å². The first-order valence-corrected chi connectivity index (χ1v) is 12.0. The number of nitrogens with zero attached hydrogens (tertiary/aromatic N) is 6. The Balaban J connectivity index is 1.22. The monoisotopic (exact) mass is 428 g/mol. The highest BCUT2D eigenvalue weighted by atomic mass is 15.3. The van der Waals surface area contributed by atoms with Gasteiger partial charge in [-0.25, -0.2) is 9.97 Å². The Morgan fingerprint density at radius 3 is 1.56 bits per heavy atom. The van der Waals surface area contributed by atoms with E-state index in [0.29, 0.717) is 12.1 Å². The molecule has 4 aromatic rings. The van der Waals surface area contributed by atoms with Gasteiger partial charge in [-0.2, -0.15) is 0 Å². The quantitative estimate of drug-likeness (QED) is 0.480. The number of benzene rings is 2. The van der Waals surface area contributed by atoms with Gasteiger partial charge in [-0.1, -0.05) is 24.3 Å². The highest BCUT2D eigenvalue weighted by Crippen LogP contribution is 2.32. The Labute approximate surface area is 189 Å². The van der Waals surface area contributed by atoms with Crippen molar-refractivity contribution < 1.29 is 0 Å². The second kappa shape index (κ2) is 8.01. The number of imidazole rings is 2. The van der Waals surface area contributed by atoms with E-state index in [2.05, 4.69) is 81.6 Å². The van der Waals surface area contributed by atoms with Gasteiger partial charge < -0.3 is 9.13 Å². The molecule has 2 aromatic carbocycles. The predicted molar refractivity (Wildman–Crippen MR) is 128 cm³/mol. The molecule has 32 heavy (non-hydrogen) atoms. The molecule has 0 N–H and O–H groups in total. The predicted octanol–water partition coefficient (Wildman–Crippen LogP) is 4.09. The minimum Gasteiger partial charge on any atom is -0.330 e. The van der Waals surface area contributed by atoms with Crippen LogP contribution in [0.3, 0.4) is 0 Å². The maximum absolute atomic E-state index is 4.95. The summed E-state index contributed by atoms with van der Waals surface area (Å²) in [5, 5.41) is 0. The van der Waals surface area contributed by atoms with Crippen LogP contribution in [0.1, 0.15) is 37.3 Å². The summed E-state index contributed by atoms with van der Waals surface area (Å²) in [6.45, 7) is 4.22. The minimum atomic E-state index is 0.604. The van der Waals surface area contributed by atoms with Crippen LogP contribution >= 0.6 is 0 Å². The highest BCUT2D eigenvalue weighted by Gasteiger charge is 2.38. The third-order valence-corrected chi connectivity index (χ3v) is 7.72. The van der Waals surface area contributed by atoms with Gasteiger partial charge in [-0.3, -0.25) is 9.80 Å². The number of hydrogen-bond donors (Lipinski definition) is 0. The van der Waals surface area contributed by atoms with Crippen LogP contribution in [-0.2, 0) is 27.2 Å². The van der Waals surface area contributed by atoms with Crippen LogP contribution in [-0.4, -0.2) is 54.1 Å². The first-order valence-electron chi connectivity index (χ1n) is 12.0. The number of likely N-dealkylation sites (tertiary alicyclic amines) is 2. The Bertz CT molecular complexity index is 1160. The second-order valence-electron chi connectivity index (χ2n) is 9.51. The Hall–Kier alpha value is -2.70. The normalized spacial score (nSPS) is 22.6. The molecule has 4 heterocycles. The van der Waals surface area contributed by atoms with E-state index in [1.165, 1.54) is 61.5 Å². The average molecular weight is 429 g/mol. The zero-order valence-electron chi connectivity index (χ0n) is 19.1. The van der Waals surface area contributed by atoms with Crippen molar-refractivity contribution in [2.24, 2.45) is 14.1 Å². The molecule has 166 valence electrons. The molecule has 0 aliphatic carbocycles. The Kier molecular flexibility index (Phi) is 5.00. The molecule has 0 radical (unpaired) electrons. The fourth-order valence-corrected chi connectivity index (χ4v) is 6.00. The van der Waals surface area contributed by atoms with Gasteiger partial charge in [-0.15, -0.1) is 0 Å². The van der Waals surface area contributed by atoms with Gasteiger partial charge in [0.15, 0.2) is 0 Å². The van der Waals surface area contributed by atoms with E-state index in [1.54, 1.807) is 0 Å². The van der Waals surface area contributed by atoms with Crippen molar-refractivity contribution in [1.82, 2.24) is 28.9 Å². The van der Waals surface area contributed by atoms with Gasteiger partial charge in [0.2, 0.25) is 0 Å². The lowest BCUT2D eigenvalue weighted by atomic mass is 10.0. The highest BCUT2D eigenvalue weighted by molar-refractivity contribution is 5.76. The molecule has 2 aliphatic rings. The first kappa shape index (κ1) is 19.9. The third kappa shape index (κ3) is 3.33. The zero-order valence-corrected chi connectivity index (χ0v) is 19.1. The summed E-state index contributed by atoms with van der Waals surface area (Å²) in [4.78, 5) is 15.3. The summed E-state index contributed by atoms with van der Waals surface area (Å²) < 4.78 is 4.55. The van der Waals surface area contributed by atoms with Crippen molar-refractivity contribution in [2.75, 3.05) is 13.1 Å². The number of aryl methyl sites for hydroxylation is 2. The van der Waals surface area contributed by atoms with Gasteiger partial charge in [0.25, 0.3) is 0 Å². The van der Waals surface area contributed by atoms with Gasteiger partial charge in [0.05, 0.1) is 35.2 Å². The summed E-state index contributed by atoms with van der Waals surface area (Å²) in [7, 11) is 4.31. The summed E-state index contributed by atoms with van der Waals surface area (Å²) in [6, 6.07) is 18.1. The van der Waals surface area contributed by atoms with Crippen molar-refractivity contribution in [3.05, 3.63) is 60.2 Å². The van der Waals surface area contributed by atoms with E-state index < -0.39 is 0 Å². The molecule has 6 heteroatoms. The van der Waals surface area contributed by atoms with Gasteiger partial charge in [0.1, 0.15) is 11.6 Å². The molecule has 2 aromatic heterocycles. The molecular weight excluding hydrogens is 396 g/mol. The van der Waals surface area contributed by atoms with Gasteiger partial charge >= 0.3 is 0 Å². The lowest BCUT2D eigenvalue weighted by Crippen LogP contribution is -2.46. The van der Waals surface area contributed by atoms with Crippen LogP contribution < -0.4 is 0 Å². The molecule has 2 aliphatic heterocycles. The number of rotatable bonds is 5. The molecule has 0 spiro atoms. The van der Waals surface area contributed by atoms with Crippen LogP contribution in [0.2, 0.25) is 0 Å². The van der Waals surface area contributed by atoms with Crippen LogP contribution in [0.25, 0.3) is 22.1 Å². The molecule has 6 rings (SSSR count). The smallest absolute Gasteiger partial charge is 0.123 e.